The van der Waals surface area contributed by atoms with Crippen LogP contribution in [-0.2, 0) is 42.2 Å². The Morgan fingerprint density at radius 2 is 0.613 bits per heavy atom. The van der Waals surface area contributed by atoms with E-state index in [0.29, 0.717) is 19.3 Å². The smallest absolute Gasteiger partial charge is 0.462 e. The van der Waals surface area contributed by atoms with Crippen molar-refractivity contribution in [2.45, 2.75) is 328 Å². The number of allylic oxidation sites excluding steroid dienone is 10. The van der Waals surface area contributed by atoms with Crippen LogP contribution in [0.2, 0.25) is 0 Å². The highest BCUT2D eigenvalue weighted by molar-refractivity contribution is 7.47. The Morgan fingerprint density at radius 3 is 0.963 bits per heavy atom. The lowest BCUT2D eigenvalue weighted by molar-refractivity contribution is -0.161. The molecule has 0 radical (unpaired) electrons. The zero-order valence-electron chi connectivity index (χ0n) is 51.8. The van der Waals surface area contributed by atoms with E-state index >= 15 is 0 Å². The van der Waals surface area contributed by atoms with Gasteiger partial charge in [-0.3, -0.25) is 23.4 Å². The van der Waals surface area contributed by atoms with Crippen molar-refractivity contribution in [2.24, 2.45) is 0 Å². The van der Waals surface area contributed by atoms with Gasteiger partial charge in [0.1, 0.15) is 12.7 Å². The lowest BCUT2D eigenvalue weighted by Crippen LogP contribution is -2.30. The topological polar surface area (TPSA) is 155 Å². The Hall–Kier alpha value is -2.82. The Bertz CT molecular complexity index is 1570. The highest BCUT2D eigenvalue weighted by atomic mass is 31.2. The molecule has 0 aromatic heterocycles. The van der Waals surface area contributed by atoms with Gasteiger partial charge in [0.2, 0.25) is 0 Å². The molecule has 0 saturated heterocycles. The van der Waals surface area contributed by atoms with Gasteiger partial charge >= 0.3 is 25.7 Å². The van der Waals surface area contributed by atoms with Crippen LogP contribution in [-0.4, -0.2) is 66.5 Å². The lowest BCUT2D eigenvalue weighted by Gasteiger charge is -2.21. The van der Waals surface area contributed by atoms with Gasteiger partial charge in [0.05, 0.1) is 19.8 Å². The molecule has 466 valence electrons. The van der Waals surface area contributed by atoms with E-state index in [1.807, 2.05) is 0 Å². The maximum absolute atomic E-state index is 13.0. The van der Waals surface area contributed by atoms with E-state index in [0.717, 1.165) is 103 Å². The Labute approximate surface area is 491 Å². The Kier molecular flexibility index (Phi) is 60.0. The minimum Gasteiger partial charge on any atom is -0.462 e. The van der Waals surface area contributed by atoms with Crippen molar-refractivity contribution in [3.63, 3.8) is 0 Å². The molecule has 0 amide bonds. The van der Waals surface area contributed by atoms with Crippen LogP contribution in [0.3, 0.4) is 0 Å². The van der Waals surface area contributed by atoms with Gasteiger partial charge in [-0.05, 0) is 89.9 Å². The summed E-state index contributed by atoms with van der Waals surface area (Å²) in [6.07, 6.45) is 70.2. The number of carbonyl (C=O) groups excluding carboxylic acids is 3. The van der Waals surface area contributed by atoms with E-state index in [2.05, 4.69) is 81.5 Å². The lowest BCUT2D eigenvalue weighted by atomic mass is 10.0. The van der Waals surface area contributed by atoms with Gasteiger partial charge in [0.15, 0.2) is 6.10 Å². The molecule has 0 bridgehead atoms. The maximum atomic E-state index is 13.0. The van der Waals surface area contributed by atoms with Gasteiger partial charge in [-0.25, -0.2) is 4.57 Å². The quantitative estimate of drug-likeness (QED) is 0.0197. The number of esters is 3. The number of unbranched alkanes of at least 4 members (excludes halogenated alkanes) is 35. The number of ether oxygens (including phenoxy) is 3. The minimum atomic E-state index is -4.76. The summed E-state index contributed by atoms with van der Waals surface area (Å²) in [5.41, 5.74) is 0. The molecule has 2 N–H and O–H groups in total. The van der Waals surface area contributed by atoms with E-state index in [1.54, 1.807) is 0 Å². The summed E-state index contributed by atoms with van der Waals surface area (Å²) < 4.78 is 39.7. The van der Waals surface area contributed by atoms with Crippen LogP contribution in [0.15, 0.2) is 60.8 Å². The summed E-state index contributed by atoms with van der Waals surface area (Å²) in [5.74, 6) is -1.46. The predicted octanol–water partition coefficient (Wildman–Crippen LogP) is 20.3. The molecule has 0 aromatic rings. The second kappa shape index (κ2) is 62.2. The molecule has 11 nitrogen and oxygen atoms in total. The summed E-state index contributed by atoms with van der Waals surface area (Å²) in [7, 11) is -4.76. The third kappa shape index (κ3) is 59.8. The van der Waals surface area contributed by atoms with E-state index in [4.69, 9.17) is 23.3 Å². The first kappa shape index (κ1) is 77.2. The van der Waals surface area contributed by atoms with Gasteiger partial charge in [0.25, 0.3) is 0 Å². The number of rotatable bonds is 62. The van der Waals surface area contributed by atoms with Crippen LogP contribution >= 0.6 is 7.82 Å². The second-order valence-corrected chi connectivity index (χ2v) is 23.7. The molecule has 0 saturated carbocycles. The highest BCUT2D eigenvalue weighted by Crippen LogP contribution is 2.43. The van der Waals surface area contributed by atoms with Crippen molar-refractivity contribution >= 4 is 25.7 Å². The number of aliphatic hydroxyl groups excluding tert-OH is 1. The van der Waals surface area contributed by atoms with Gasteiger partial charge in [-0.1, -0.05) is 268 Å². The van der Waals surface area contributed by atoms with Gasteiger partial charge in [-0.2, -0.15) is 0 Å². The molecule has 0 heterocycles. The summed E-state index contributed by atoms with van der Waals surface area (Å²) in [6, 6.07) is 0. The van der Waals surface area contributed by atoms with Crippen LogP contribution in [0.1, 0.15) is 316 Å². The van der Waals surface area contributed by atoms with Crippen molar-refractivity contribution < 1.29 is 52.2 Å². The third-order valence-corrected chi connectivity index (χ3v) is 15.4. The average Bonchev–Trinajstić information content (AvgIpc) is 3.45. The van der Waals surface area contributed by atoms with Crippen LogP contribution in [0.5, 0.6) is 0 Å². The number of phosphoric acid groups is 1. The molecule has 0 rings (SSSR count). The van der Waals surface area contributed by atoms with E-state index in [1.165, 1.54) is 154 Å². The molecule has 0 aliphatic carbocycles. The molecule has 0 aromatic carbocycles. The fraction of sp³-hybridized carbons (Fsp3) is 0.809. The molecule has 0 aliphatic heterocycles. The largest absolute Gasteiger partial charge is 0.472 e. The molecular formula is C68H123O11P. The Morgan fingerprint density at radius 1 is 0.350 bits per heavy atom. The third-order valence-electron chi connectivity index (χ3n) is 14.4. The monoisotopic (exact) mass is 1150 g/mol. The fourth-order valence-corrected chi connectivity index (χ4v) is 10.1. The molecule has 0 fully saturated rings. The summed E-state index contributed by atoms with van der Waals surface area (Å²) in [6.45, 7) is 4.64. The SMILES string of the molecule is CCCCC/C=C\C/C=C\C/C=C\CCCCCCCCC(=O)OCC(COP(=O)(O)OCC(CO)OC(=O)CCCCCCCCCCCCCCCCC)OC(=O)CCCCCCCCCCC/C=C\C/C=C\CCCCC. The van der Waals surface area contributed by atoms with Crippen LogP contribution < -0.4 is 0 Å². The molecule has 0 spiro atoms. The zero-order valence-corrected chi connectivity index (χ0v) is 52.7. The Balaban J connectivity index is 4.71. The first-order chi connectivity index (χ1) is 39.2. The van der Waals surface area contributed by atoms with E-state index < -0.39 is 57.8 Å². The first-order valence-corrected chi connectivity index (χ1v) is 34.7. The second-order valence-electron chi connectivity index (χ2n) is 22.3. The van der Waals surface area contributed by atoms with Crippen LogP contribution in [0.4, 0.5) is 0 Å². The molecular weight excluding hydrogens is 1020 g/mol. The van der Waals surface area contributed by atoms with Crippen LogP contribution in [0.25, 0.3) is 0 Å². The van der Waals surface area contributed by atoms with Gasteiger partial charge in [-0.15, -0.1) is 0 Å². The normalized spacial score (nSPS) is 13.6. The van der Waals surface area contributed by atoms with Gasteiger partial charge < -0.3 is 24.2 Å². The summed E-state index contributed by atoms with van der Waals surface area (Å²) in [5, 5.41) is 9.86. The van der Waals surface area contributed by atoms with E-state index in [-0.39, 0.29) is 25.9 Å². The predicted molar refractivity (Wildman–Crippen MR) is 335 cm³/mol. The number of phosphoric ester groups is 1. The number of aliphatic hydroxyl groups is 1. The van der Waals surface area contributed by atoms with E-state index in [9.17, 15) is 28.9 Å². The molecule has 80 heavy (non-hydrogen) atoms. The maximum Gasteiger partial charge on any atom is 0.472 e. The number of hydrogen-bond donors (Lipinski definition) is 2. The van der Waals surface area contributed by atoms with Crippen molar-refractivity contribution in [3.8, 4) is 0 Å². The molecule has 0 aliphatic rings. The average molecular weight is 1150 g/mol. The van der Waals surface area contributed by atoms with Crippen molar-refractivity contribution in [3.05, 3.63) is 60.8 Å². The van der Waals surface area contributed by atoms with Crippen molar-refractivity contribution in [1.82, 2.24) is 0 Å². The summed E-state index contributed by atoms with van der Waals surface area (Å²) in [4.78, 5) is 48.8. The van der Waals surface area contributed by atoms with Crippen LogP contribution in [0, 0.1) is 0 Å². The minimum absolute atomic E-state index is 0.161. The standard InChI is InChI=1S/C68H123O11P/c1-4-7-10-13-16-19-22-25-28-30-32-34-37-39-42-45-48-51-54-57-66(70)75-61-65(79-68(72)59-56-53-50-47-44-41-38-35-33-31-29-26-23-20-17-14-11-8-5-2)63-77-80(73,74)76-62-64(60-69)78-67(71)58-55-52-49-46-43-40-36-27-24-21-18-15-12-9-6-3/h16-17,19-20,25-26,28-29,32,34,64-65,69H,4-15,18,21-24,27,30-31,33,35-63H2,1-3H3,(H,73,74)/b19-16-,20-17-,28-25-,29-26-,34-32-. The molecule has 3 atom stereocenters. The van der Waals surface area contributed by atoms with Crippen molar-refractivity contribution in [2.75, 3.05) is 26.4 Å². The molecule has 12 heteroatoms. The van der Waals surface area contributed by atoms with Gasteiger partial charge in [0, 0.05) is 19.3 Å². The van der Waals surface area contributed by atoms with Crippen molar-refractivity contribution in [1.29, 1.82) is 0 Å². The highest BCUT2D eigenvalue weighted by Gasteiger charge is 2.28. The molecule has 3 unspecified atom stereocenters. The fourth-order valence-electron chi connectivity index (χ4n) is 9.34. The summed E-state index contributed by atoms with van der Waals surface area (Å²) >= 11 is 0. The first-order valence-electron chi connectivity index (χ1n) is 33.2. The zero-order chi connectivity index (χ0) is 58.3. The number of hydrogen-bond acceptors (Lipinski definition) is 10. The number of carbonyl (C=O) groups is 3.